The fourth-order valence-electron chi connectivity index (χ4n) is 5.80. The Balaban J connectivity index is 1.35. The van der Waals surface area contributed by atoms with Crippen LogP contribution in [0.5, 0.6) is 0 Å². The van der Waals surface area contributed by atoms with Gasteiger partial charge in [0.1, 0.15) is 0 Å². The van der Waals surface area contributed by atoms with Crippen LogP contribution >= 0.6 is 0 Å². The summed E-state index contributed by atoms with van der Waals surface area (Å²) in [6.45, 7) is 0. The van der Waals surface area contributed by atoms with Gasteiger partial charge < -0.3 is 0 Å². The molecule has 2 heterocycles. The van der Waals surface area contributed by atoms with E-state index in [9.17, 15) is 4.79 Å². The smallest absolute Gasteiger partial charge is 0.195 e. The zero-order chi connectivity index (χ0) is 31.1. The first-order valence-electron chi connectivity index (χ1n) is 15.3. The standard InChI is InChI=1S/C43H30N2O/c46-43-41(35-7-3-1-4-8-35)39(37-19-15-31(16-20-37)11-13-33-23-27-44-28-24-33)40(42(43)36-9-5-2-6-10-36)38-21-17-32(18-22-38)12-14-34-25-29-45-30-26-34/h1-30H/b13-11+,14-12+. The summed E-state index contributed by atoms with van der Waals surface area (Å²) in [6, 6.07) is 44.9. The zero-order valence-electron chi connectivity index (χ0n) is 25.1. The molecular formula is C43H30N2O. The van der Waals surface area contributed by atoms with Gasteiger partial charge in [-0.05, 0) is 68.8 Å². The highest BCUT2D eigenvalue weighted by Crippen LogP contribution is 2.49. The summed E-state index contributed by atoms with van der Waals surface area (Å²) in [7, 11) is 0. The molecule has 4 aromatic carbocycles. The minimum Gasteiger partial charge on any atom is -0.289 e. The molecule has 1 aliphatic rings. The Labute approximate surface area is 269 Å². The number of carbonyl (C=O) groups is 1. The van der Waals surface area contributed by atoms with Crippen molar-refractivity contribution < 1.29 is 4.79 Å². The van der Waals surface area contributed by atoms with Crippen LogP contribution in [0.25, 0.3) is 46.6 Å². The van der Waals surface area contributed by atoms with Gasteiger partial charge in [0, 0.05) is 47.1 Å². The Bertz CT molecular complexity index is 1940. The van der Waals surface area contributed by atoms with E-state index in [4.69, 9.17) is 0 Å². The maximum Gasteiger partial charge on any atom is 0.195 e. The Morgan fingerprint density at radius 2 is 0.630 bits per heavy atom. The lowest BCUT2D eigenvalue weighted by Crippen LogP contribution is -2.01. The van der Waals surface area contributed by atoms with Gasteiger partial charge in [0.05, 0.1) is 0 Å². The monoisotopic (exact) mass is 590 g/mol. The van der Waals surface area contributed by atoms with Crippen molar-refractivity contribution in [2.45, 2.75) is 0 Å². The Kier molecular flexibility index (Phi) is 8.20. The highest BCUT2D eigenvalue weighted by Gasteiger charge is 2.35. The fourth-order valence-corrected chi connectivity index (χ4v) is 5.80. The molecule has 0 N–H and O–H groups in total. The number of hydrogen-bond donors (Lipinski definition) is 0. The minimum atomic E-state index is 0.0331. The molecule has 0 saturated heterocycles. The van der Waals surface area contributed by atoms with E-state index in [-0.39, 0.29) is 5.78 Å². The number of Topliss-reactive ketones (excluding diaryl/α,β-unsaturated/α-hetero) is 1. The highest BCUT2D eigenvalue weighted by molar-refractivity contribution is 6.59. The van der Waals surface area contributed by atoms with Crippen LogP contribution in [0.15, 0.2) is 158 Å². The van der Waals surface area contributed by atoms with Gasteiger partial charge >= 0.3 is 0 Å². The van der Waals surface area contributed by atoms with Gasteiger partial charge in [0.25, 0.3) is 0 Å². The molecule has 7 rings (SSSR count). The van der Waals surface area contributed by atoms with E-state index in [0.717, 1.165) is 66.8 Å². The number of aromatic nitrogens is 2. The predicted molar refractivity (Wildman–Crippen MR) is 191 cm³/mol. The van der Waals surface area contributed by atoms with E-state index in [1.165, 1.54) is 0 Å². The van der Waals surface area contributed by atoms with Gasteiger partial charge in [-0.2, -0.15) is 0 Å². The average molecular weight is 591 g/mol. The molecule has 0 fully saturated rings. The third kappa shape index (κ3) is 6.08. The summed E-state index contributed by atoms with van der Waals surface area (Å²) in [4.78, 5) is 22.8. The number of ketones is 1. The van der Waals surface area contributed by atoms with Crippen molar-refractivity contribution in [3.8, 4) is 0 Å². The molecule has 1 aliphatic carbocycles. The van der Waals surface area contributed by atoms with E-state index in [0.29, 0.717) is 0 Å². The number of benzene rings is 4. The largest absolute Gasteiger partial charge is 0.289 e. The second-order valence-corrected chi connectivity index (χ2v) is 11.0. The van der Waals surface area contributed by atoms with E-state index in [1.54, 1.807) is 24.8 Å². The van der Waals surface area contributed by atoms with Crippen LogP contribution < -0.4 is 0 Å². The van der Waals surface area contributed by atoms with Crippen LogP contribution in [0, 0.1) is 0 Å². The molecule has 2 aromatic heterocycles. The molecule has 6 aromatic rings. The Morgan fingerprint density at radius 1 is 0.326 bits per heavy atom. The van der Waals surface area contributed by atoms with Gasteiger partial charge in [-0.1, -0.05) is 133 Å². The summed E-state index contributed by atoms with van der Waals surface area (Å²) in [5.74, 6) is 0.0331. The first-order chi connectivity index (χ1) is 22.7. The fraction of sp³-hybridized carbons (Fsp3) is 0. The normalized spacial score (nSPS) is 13.3. The van der Waals surface area contributed by atoms with Gasteiger partial charge in [-0.15, -0.1) is 0 Å². The maximum atomic E-state index is 14.6. The molecule has 46 heavy (non-hydrogen) atoms. The lowest BCUT2D eigenvalue weighted by molar-refractivity contribution is -0.108. The lowest BCUT2D eigenvalue weighted by Gasteiger charge is -2.14. The van der Waals surface area contributed by atoms with E-state index < -0.39 is 0 Å². The molecule has 0 aliphatic heterocycles. The van der Waals surface area contributed by atoms with Gasteiger partial charge in [0.15, 0.2) is 5.78 Å². The molecule has 3 heteroatoms. The number of nitrogens with zero attached hydrogens (tertiary/aromatic N) is 2. The van der Waals surface area contributed by atoms with Crippen LogP contribution in [0.4, 0.5) is 0 Å². The topological polar surface area (TPSA) is 42.9 Å². The molecule has 0 saturated carbocycles. The minimum absolute atomic E-state index is 0.0331. The van der Waals surface area contributed by atoms with Crippen molar-refractivity contribution in [2.75, 3.05) is 0 Å². The van der Waals surface area contributed by atoms with Crippen LogP contribution in [-0.2, 0) is 4.79 Å². The predicted octanol–water partition coefficient (Wildman–Crippen LogP) is 9.92. The SMILES string of the molecule is O=C1C(c2ccccc2)=C(c2ccc(/C=C/c3ccncc3)cc2)C(c2ccc(/C=C/c3ccncc3)cc2)=C1c1ccccc1. The van der Waals surface area contributed by atoms with Crippen LogP contribution in [0.1, 0.15) is 44.5 Å². The first kappa shape index (κ1) is 28.6. The van der Waals surface area contributed by atoms with Crippen molar-refractivity contribution in [1.82, 2.24) is 9.97 Å². The molecule has 218 valence electrons. The number of rotatable bonds is 8. The molecular weight excluding hydrogens is 560 g/mol. The third-order valence-electron chi connectivity index (χ3n) is 8.08. The quantitative estimate of drug-likeness (QED) is 0.177. The van der Waals surface area contributed by atoms with E-state index in [1.807, 2.05) is 84.9 Å². The lowest BCUT2D eigenvalue weighted by atomic mass is 9.88. The second-order valence-electron chi connectivity index (χ2n) is 11.0. The summed E-state index contributed by atoms with van der Waals surface area (Å²) in [5.41, 5.74) is 11.5. The van der Waals surface area contributed by atoms with Crippen molar-refractivity contribution in [3.63, 3.8) is 0 Å². The molecule has 0 spiro atoms. The van der Waals surface area contributed by atoms with Crippen LogP contribution in [-0.4, -0.2) is 15.8 Å². The molecule has 0 amide bonds. The van der Waals surface area contributed by atoms with Gasteiger partial charge in [0.2, 0.25) is 0 Å². The third-order valence-corrected chi connectivity index (χ3v) is 8.08. The first-order valence-corrected chi connectivity index (χ1v) is 15.3. The molecule has 0 atom stereocenters. The molecule has 0 radical (unpaired) electrons. The maximum absolute atomic E-state index is 14.6. The molecule has 0 unspecified atom stereocenters. The van der Waals surface area contributed by atoms with Gasteiger partial charge in [-0.3, -0.25) is 14.8 Å². The summed E-state index contributed by atoms with van der Waals surface area (Å²) in [6.07, 6.45) is 15.5. The summed E-state index contributed by atoms with van der Waals surface area (Å²) >= 11 is 0. The van der Waals surface area contributed by atoms with Crippen molar-refractivity contribution in [3.05, 3.63) is 203 Å². The van der Waals surface area contributed by atoms with Crippen molar-refractivity contribution >= 4 is 52.4 Å². The van der Waals surface area contributed by atoms with E-state index >= 15 is 0 Å². The van der Waals surface area contributed by atoms with Crippen LogP contribution in [0.3, 0.4) is 0 Å². The Hall–Kier alpha value is -6.19. The summed E-state index contributed by atoms with van der Waals surface area (Å²) < 4.78 is 0. The second kappa shape index (κ2) is 13.2. The molecule has 0 bridgehead atoms. The number of hydrogen-bond acceptors (Lipinski definition) is 3. The number of pyridine rings is 2. The zero-order valence-corrected chi connectivity index (χ0v) is 25.1. The number of allylic oxidation sites excluding steroid dienone is 4. The van der Waals surface area contributed by atoms with Crippen LogP contribution in [0.2, 0.25) is 0 Å². The van der Waals surface area contributed by atoms with Crippen molar-refractivity contribution in [1.29, 1.82) is 0 Å². The van der Waals surface area contributed by atoms with Gasteiger partial charge in [-0.25, -0.2) is 0 Å². The van der Waals surface area contributed by atoms with E-state index in [2.05, 4.69) is 82.8 Å². The average Bonchev–Trinajstić information content (AvgIpc) is 3.44. The number of carbonyl (C=O) groups excluding carboxylic acids is 1. The van der Waals surface area contributed by atoms with Crippen molar-refractivity contribution in [2.24, 2.45) is 0 Å². The highest BCUT2D eigenvalue weighted by atomic mass is 16.1. The molecule has 3 nitrogen and oxygen atoms in total. The summed E-state index contributed by atoms with van der Waals surface area (Å²) in [5, 5.41) is 0. The Morgan fingerprint density at radius 3 is 0.978 bits per heavy atom.